The maximum atomic E-state index is 13.3. The first-order valence-electron chi connectivity index (χ1n) is 13.2. The van der Waals surface area contributed by atoms with E-state index in [0.717, 1.165) is 19.6 Å². The summed E-state index contributed by atoms with van der Waals surface area (Å²) < 4.78 is 34.0. The van der Waals surface area contributed by atoms with Crippen LogP contribution in [-0.4, -0.2) is 85.3 Å². The number of hydrogen-bond acceptors (Lipinski definition) is 7. The van der Waals surface area contributed by atoms with E-state index >= 15 is 0 Å². The lowest BCUT2D eigenvalue weighted by atomic mass is 10.0. The number of nitrogens with zero attached hydrogens (tertiary/aromatic N) is 7. The average molecular weight is 585 g/mol. The number of halogens is 3. The number of rotatable bonds is 8. The third-order valence-corrected chi connectivity index (χ3v) is 7.84. The summed E-state index contributed by atoms with van der Waals surface area (Å²) in [5, 5.41) is 11.7. The van der Waals surface area contributed by atoms with Crippen LogP contribution < -0.4 is 10.1 Å². The molecule has 1 aromatic carbocycles. The van der Waals surface area contributed by atoms with Gasteiger partial charge in [-0.15, -0.1) is 0 Å². The minimum atomic E-state index is -3.10. The number of carbonyl (C=O) groups excluding carboxylic acids is 2. The molecule has 2 aliphatic heterocycles. The highest BCUT2D eigenvalue weighted by molar-refractivity contribution is 6.31. The van der Waals surface area contributed by atoms with E-state index in [9.17, 15) is 18.4 Å². The predicted octanol–water partition coefficient (Wildman–Crippen LogP) is 3.51. The summed E-state index contributed by atoms with van der Waals surface area (Å²) in [5.41, 5.74) is 0.953. The first-order valence-corrected chi connectivity index (χ1v) is 13.6. The highest BCUT2D eigenvalue weighted by atomic mass is 35.5. The molecular formula is C27H27ClF2N8O3. The van der Waals surface area contributed by atoms with Crippen molar-refractivity contribution < 1.29 is 23.1 Å². The van der Waals surface area contributed by atoms with Crippen molar-refractivity contribution in [2.45, 2.75) is 20.1 Å². The number of carbonyl (C=O) groups is 2. The molecule has 2 saturated heterocycles. The highest BCUT2D eigenvalue weighted by Gasteiger charge is 2.41. The molecule has 2 aliphatic rings. The fourth-order valence-corrected chi connectivity index (χ4v) is 5.82. The summed E-state index contributed by atoms with van der Waals surface area (Å²) >= 11 is 6.20. The van der Waals surface area contributed by atoms with Gasteiger partial charge in [0, 0.05) is 55.4 Å². The van der Waals surface area contributed by atoms with Gasteiger partial charge in [0.2, 0.25) is 5.91 Å². The fraction of sp³-hybridized carbons (Fsp3) is 0.370. The van der Waals surface area contributed by atoms with Gasteiger partial charge in [-0.25, -0.2) is 9.50 Å². The highest BCUT2D eigenvalue weighted by Crippen LogP contribution is 2.37. The maximum absolute atomic E-state index is 13.3. The molecular weight excluding hydrogens is 558 g/mol. The minimum Gasteiger partial charge on any atom is -0.434 e. The van der Waals surface area contributed by atoms with Crippen LogP contribution in [0, 0.1) is 11.8 Å². The Balaban J connectivity index is 1.30. The van der Waals surface area contributed by atoms with E-state index in [1.54, 1.807) is 12.3 Å². The standard InChI is InChI=1S/C27H27ClF2N8O3/c1-2-35-10-16-12-36(13-17(16)11-35)23(39)15-37-14-21(33-26(40)20-9-32-38-7-3-6-31-25(20)38)24(34-37)19-8-18(28)4-5-22(19)41-27(29)30/h3-9,14,16-17,27H,2,10-13,15H2,1H3,(H,33,40)/t16-,17?/m0/s1. The number of anilines is 1. The van der Waals surface area contributed by atoms with Crippen molar-refractivity contribution in [3.05, 3.63) is 59.6 Å². The van der Waals surface area contributed by atoms with E-state index < -0.39 is 12.5 Å². The van der Waals surface area contributed by atoms with Crippen molar-refractivity contribution in [1.82, 2.24) is 34.2 Å². The third-order valence-electron chi connectivity index (χ3n) is 7.61. The zero-order valence-electron chi connectivity index (χ0n) is 22.1. The summed E-state index contributed by atoms with van der Waals surface area (Å²) in [6.07, 6.45) is 6.06. The fourth-order valence-electron chi connectivity index (χ4n) is 5.65. The Labute approximate surface area is 238 Å². The summed E-state index contributed by atoms with van der Waals surface area (Å²) in [6, 6.07) is 5.81. The van der Waals surface area contributed by atoms with Crippen LogP contribution in [0.3, 0.4) is 0 Å². The monoisotopic (exact) mass is 584 g/mol. The van der Waals surface area contributed by atoms with Gasteiger partial charge in [0.05, 0.1) is 11.9 Å². The Morgan fingerprint density at radius 2 is 1.98 bits per heavy atom. The van der Waals surface area contributed by atoms with Crippen LogP contribution in [0.15, 0.2) is 49.1 Å². The lowest BCUT2D eigenvalue weighted by Crippen LogP contribution is -2.35. The van der Waals surface area contributed by atoms with Gasteiger partial charge < -0.3 is 19.9 Å². The first-order chi connectivity index (χ1) is 19.8. The van der Waals surface area contributed by atoms with Crippen molar-refractivity contribution in [1.29, 1.82) is 0 Å². The second-order valence-corrected chi connectivity index (χ2v) is 10.6. The molecule has 41 heavy (non-hydrogen) atoms. The van der Waals surface area contributed by atoms with Crippen molar-refractivity contribution in [3.63, 3.8) is 0 Å². The smallest absolute Gasteiger partial charge is 0.387 e. The summed E-state index contributed by atoms with van der Waals surface area (Å²) in [4.78, 5) is 35.0. The second kappa shape index (κ2) is 11.1. The molecule has 2 amide bonds. The molecule has 2 fully saturated rings. The SMILES string of the molecule is CCN1CC2CN(C(=O)Cn3cc(NC(=O)c4cnn5cccnc45)c(-c4cc(Cl)ccc4OC(F)F)n3)C[C@@H]2C1. The molecule has 0 bridgehead atoms. The summed E-state index contributed by atoms with van der Waals surface area (Å²) in [6.45, 7) is 3.26. The van der Waals surface area contributed by atoms with Crippen LogP contribution in [0.1, 0.15) is 17.3 Å². The van der Waals surface area contributed by atoms with E-state index in [4.69, 9.17) is 16.3 Å². The molecule has 0 saturated carbocycles. The Morgan fingerprint density at radius 3 is 2.71 bits per heavy atom. The molecule has 4 aromatic rings. The van der Waals surface area contributed by atoms with Gasteiger partial charge in [-0.1, -0.05) is 18.5 Å². The predicted molar refractivity (Wildman–Crippen MR) is 146 cm³/mol. The van der Waals surface area contributed by atoms with Gasteiger partial charge in [0.15, 0.2) is 5.65 Å². The van der Waals surface area contributed by atoms with Crippen LogP contribution in [0.5, 0.6) is 5.75 Å². The topological polar surface area (TPSA) is 110 Å². The number of fused-ring (bicyclic) bond motifs is 2. The quantitative estimate of drug-likeness (QED) is 0.337. The molecule has 5 heterocycles. The van der Waals surface area contributed by atoms with Crippen LogP contribution >= 0.6 is 11.6 Å². The van der Waals surface area contributed by atoms with Gasteiger partial charge in [0.25, 0.3) is 5.91 Å². The normalized spacial score (nSPS) is 18.8. The van der Waals surface area contributed by atoms with Crippen molar-refractivity contribution in [2.24, 2.45) is 11.8 Å². The van der Waals surface area contributed by atoms with Crippen molar-refractivity contribution >= 4 is 34.7 Å². The number of nitrogens with one attached hydrogen (secondary N) is 1. The van der Waals surface area contributed by atoms with Crippen LogP contribution in [0.2, 0.25) is 5.02 Å². The van der Waals surface area contributed by atoms with E-state index in [1.165, 1.54) is 46.0 Å². The van der Waals surface area contributed by atoms with E-state index in [2.05, 4.69) is 32.3 Å². The number of likely N-dealkylation sites (tertiary alicyclic amines) is 2. The van der Waals surface area contributed by atoms with E-state index in [1.807, 2.05) is 4.90 Å². The van der Waals surface area contributed by atoms with E-state index in [0.29, 0.717) is 30.6 Å². The molecule has 1 N–H and O–H groups in total. The summed E-state index contributed by atoms with van der Waals surface area (Å²) in [7, 11) is 0. The van der Waals surface area contributed by atoms with Crippen molar-refractivity contribution in [3.8, 4) is 17.0 Å². The molecule has 214 valence electrons. The number of ether oxygens (including phenoxy) is 1. The maximum Gasteiger partial charge on any atom is 0.387 e. The summed E-state index contributed by atoms with van der Waals surface area (Å²) in [5.74, 6) is 0.0548. The lowest BCUT2D eigenvalue weighted by Gasteiger charge is -2.20. The average Bonchev–Trinajstić information content (AvgIpc) is 3.71. The van der Waals surface area contributed by atoms with Crippen LogP contribution in [0.25, 0.3) is 16.9 Å². The van der Waals surface area contributed by atoms with Crippen LogP contribution in [-0.2, 0) is 11.3 Å². The number of hydrogen-bond donors (Lipinski definition) is 1. The Bertz CT molecular complexity index is 1590. The zero-order valence-corrected chi connectivity index (χ0v) is 22.8. The van der Waals surface area contributed by atoms with Gasteiger partial charge in [-0.05, 0) is 42.6 Å². The molecule has 0 radical (unpaired) electrons. The Kier molecular flexibility index (Phi) is 7.30. The number of amides is 2. The van der Waals surface area contributed by atoms with Gasteiger partial charge in [-0.2, -0.15) is 19.0 Å². The third kappa shape index (κ3) is 5.46. The zero-order chi connectivity index (χ0) is 28.7. The van der Waals surface area contributed by atoms with Gasteiger partial charge >= 0.3 is 6.61 Å². The van der Waals surface area contributed by atoms with Crippen LogP contribution in [0.4, 0.5) is 14.5 Å². The molecule has 6 rings (SSSR count). The molecule has 1 unspecified atom stereocenters. The Morgan fingerprint density at radius 1 is 1.20 bits per heavy atom. The van der Waals surface area contributed by atoms with Gasteiger partial charge in [0.1, 0.15) is 23.6 Å². The molecule has 2 atom stereocenters. The minimum absolute atomic E-state index is 0.0936. The number of aromatic nitrogens is 5. The first kappa shape index (κ1) is 27.1. The molecule has 0 spiro atoms. The molecule has 11 nitrogen and oxygen atoms in total. The van der Waals surface area contributed by atoms with Gasteiger partial charge in [-0.3, -0.25) is 14.3 Å². The van der Waals surface area contributed by atoms with E-state index in [-0.39, 0.29) is 45.7 Å². The largest absolute Gasteiger partial charge is 0.434 e. The second-order valence-electron chi connectivity index (χ2n) is 10.2. The molecule has 0 aliphatic carbocycles. The van der Waals surface area contributed by atoms with Crippen molar-refractivity contribution in [2.75, 3.05) is 38.0 Å². The molecule has 3 aromatic heterocycles. The molecule has 14 heteroatoms. The number of alkyl halides is 2. The number of benzene rings is 1. The lowest BCUT2D eigenvalue weighted by molar-refractivity contribution is -0.131. The Hall–Kier alpha value is -4.10.